The molecule has 0 bridgehead atoms. The van der Waals surface area contributed by atoms with Gasteiger partial charge < -0.3 is 4.90 Å². The second-order valence-corrected chi connectivity index (χ2v) is 7.46. The number of carbonyl (C=O) groups excluding carboxylic acids is 1. The molecule has 2 saturated heterocycles. The first-order chi connectivity index (χ1) is 10.2. The van der Waals surface area contributed by atoms with Crippen molar-refractivity contribution in [2.75, 3.05) is 36.5 Å². The lowest BCUT2D eigenvalue weighted by Crippen LogP contribution is -2.40. The summed E-state index contributed by atoms with van der Waals surface area (Å²) in [5.41, 5.74) is 0.621. The van der Waals surface area contributed by atoms with Crippen LogP contribution in [0.25, 0.3) is 0 Å². The summed E-state index contributed by atoms with van der Waals surface area (Å²) in [6.45, 7) is 2.81. The van der Waals surface area contributed by atoms with Crippen molar-refractivity contribution < 1.29 is 4.79 Å². The van der Waals surface area contributed by atoms with Crippen LogP contribution in [0.3, 0.4) is 0 Å². The summed E-state index contributed by atoms with van der Waals surface area (Å²) in [5.74, 6) is 2.09. The molecule has 2 aliphatic rings. The van der Waals surface area contributed by atoms with Crippen molar-refractivity contribution in [2.45, 2.75) is 18.9 Å². The number of thioether (sulfide) groups is 1. The summed E-state index contributed by atoms with van der Waals surface area (Å²) >= 11 is 3.38. The van der Waals surface area contributed by atoms with Gasteiger partial charge in [-0.2, -0.15) is 17.0 Å². The van der Waals surface area contributed by atoms with Crippen molar-refractivity contribution in [2.24, 2.45) is 5.92 Å². The van der Waals surface area contributed by atoms with E-state index in [9.17, 15) is 4.79 Å². The molecular formula is C15H19N3OS2. The molecule has 0 aromatic carbocycles. The number of thiophene rings is 1. The summed E-state index contributed by atoms with van der Waals surface area (Å²) in [4.78, 5) is 16.9. The SMILES string of the molecule is CSC[C@H]1CCN([C@H]2CCN(c3sccc3C#N)C2=O)C1. The fraction of sp³-hybridized carbons (Fsp3) is 0.600. The van der Waals surface area contributed by atoms with E-state index in [1.807, 2.05) is 22.0 Å². The Bertz CT molecular complexity index is 566. The standard InChI is InChI=1S/C15H19N3OS2/c1-20-10-11-2-5-17(9-11)13-3-6-18(14(13)19)15-12(8-16)4-7-21-15/h4,7,11,13H,2-3,5-6,9-10H2,1H3/t11-,13-/m0/s1. The van der Waals surface area contributed by atoms with Gasteiger partial charge in [-0.15, -0.1) is 11.3 Å². The maximum absolute atomic E-state index is 12.7. The van der Waals surface area contributed by atoms with Crippen molar-refractivity contribution >= 4 is 34.0 Å². The van der Waals surface area contributed by atoms with Gasteiger partial charge >= 0.3 is 0 Å². The molecule has 21 heavy (non-hydrogen) atoms. The van der Waals surface area contributed by atoms with Crippen molar-refractivity contribution in [1.82, 2.24) is 4.90 Å². The molecule has 0 unspecified atom stereocenters. The molecular weight excluding hydrogens is 302 g/mol. The minimum absolute atomic E-state index is 0.0190. The highest BCUT2D eigenvalue weighted by molar-refractivity contribution is 7.98. The molecule has 4 nitrogen and oxygen atoms in total. The smallest absolute Gasteiger partial charge is 0.245 e. The summed E-state index contributed by atoms with van der Waals surface area (Å²) in [6.07, 6.45) is 4.23. The van der Waals surface area contributed by atoms with E-state index in [-0.39, 0.29) is 11.9 Å². The molecule has 1 aromatic rings. The van der Waals surface area contributed by atoms with Crippen molar-refractivity contribution in [1.29, 1.82) is 5.26 Å². The Balaban J connectivity index is 1.69. The minimum atomic E-state index is 0.0190. The number of nitrogens with zero attached hydrogens (tertiary/aromatic N) is 3. The number of rotatable bonds is 4. The molecule has 0 aliphatic carbocycles. The van der Waals surface area contributed by atoms with Gasteiger partial charge in [0, 0.05) is 13.1 Å². The molecule has 2 atom stereocenters. The van der Waals surface area contributed by atoms with Gasteiger partial charge in [-0.05, 0) is 48.8 Å². The molecule has 3 rings (SSSR count). The topological polar surface area (TPSA) is 47.3 Å². The first kappa shape index (κ1) is 14.9. The van der Waals surface area contributed by atoms with Gasteiger partial charge in [-0.25, -0.2) is 0 Å². The van der Waals surface area contributed by atoms with Crippen molar-refractivity contribution in [3.63, 3.8) is 0 Å². The maximum atomic E-state index is 12.7. The van der Waals surface area contributed by atoms with Crippen LogP contribution in [0.15, 0.2) is 11.4 Å². The molecule has 2 aliphatic heterocycles. The Morgan fingerprint density at radius 2 is 2.33 bits per heavy atom. The van der Waals surface area contributed by atoms with Crippen molar-refractivity contribution in [3.05, 3.63) is 17.0 Å². The highest BCUT2D eigenvalue weighted by atomic mass is 32.2. The summed E-state index contributed by atoms with van der Waals surface area (Å²) in [5, 5.41) is 11.8. The van der Waals surface area contributed by atoms with Crippen LogP contribution in [0.5, 0.6) is 0 Å². The zero-order chi connectivity index (χ0) is 14.8. The first-order valence-electron chi connectivity index (χ1n) is 7.26. The van der Waals surface area contributed by atoms with E-state index in [1.54, 1.807) is 6.07 Å². The molecule has 2 fully saturated rings. The monoisotopic (exact) mass is 321 g/mol. The Morgan fingerprint density at radius 1 is 1.48 bits per heavy atom. The van der Waals surface area contributed by atoms with Crippen LogP contribution in [-0.2, 0) is 4.79 Å². The normalized spacial score (nSPS) is 26.5. The van der Waals surface area contributed by atoms with E-state index in [1.165, 1.54) is 23.5 Å². The van der Waals surface area contributed by atoms with Crippen LogP contribution in [-0.4, -0.2) is 48.5 Å². The van der Waals surface area contributed by atoms with E-state index in [0.29, 0.717) is 5.56 Å². The molecule has 1 aromatic heterocycles. The first-order valence-corrected chi connectivity index (χ1v) is 9.54. The average Bonchev–Trinajstić information content (AvgIpc) is 3.17. The molecule has 0 radical (unpaired) electrons. The number of anilines is 1. The number of likely N-dealkylation sites (tertiary alicyclic amines) is 1. The van der Waals surface area contributed by atoms with Crippen LogP contribution in [0, 0.1) is 17.2 Å². The van der Waals surface area contributed by atoms with Gasteiger partial charge in [0.05, 0.1) is 11.6 Å². The van der Waals surface area contributed by atoms with Crippen molar-refractivity contribution in [3.8, 4) is 6.07 Å². The van der Waals surface area contributed by atoms with Gasteiger partial charge in [0.1, 0.15) is 11.1 Å². The number of hydrogen-bond donors (Lipinski definition) is 0. The predicted molar refractivity (Wildman–Crippen MR) is 87.9 cm³/mol. The van der Waals surface area contributed by atoms with Crippen LogP contribution < -0.4 is 4.90 Å². The number of nitriles is 1. The molecule has 6 heteroatoms. The lowest BCUT2D eigenvalue weighted by molar-refractivity contribution is -0.121. The summed E-state index contributed by atoms with van der Waals surface area (Å²) in [6, 6.07) is 4.00. The van der Waals surface area contributed by atoms with Gasteiger partial charge in [-0.1, -0.05) is 0 Å². The quantitative estimate of drug-likeness (QED) is 0.854. The Hall–Kier alpha value is -1.03. The number of hydrogen-bond acceptors (Lipinski definition) is 5. The maximum Gasteiger partial charge on any atom is 0.245 e. The molecule has 3 heterocycles. The fourth-order valence-corrected chi connectivity index (χ4v) is 4.94. The van der Waals surface area contributed by atoms with Crippen LogP contribution >= 0.6 is 23.1 Å². The highest BCUT2D eigenvalue weighted by Gasteiger charge is 2.40. The third-order valence-electron chi connectivity index (χ3n) is 4.35. The average molecular weight is 321 g/mol. The van der Waals surface area contributed by atoms with Gasteiger partial charge in [0.2, 0.25) is 5.91 Å². The van der Waals surface area contributed by atoms with E-state index >= 15 is 0 Å². The molecule has 112 valence electrons. The third kappa shape index (κ3) is 2.83. The lowest BCUT2D eigenvalue weighted by Gasteiger charge is -2.23. The van der Waals surface area contributed by atoms with E-state index in [2.05, 4.69) is 17.2 Å². The minimum Gasteiger partial charge on any atom is -0.301 e. The summed E-state index contributed by atoms with van der Waals surface area (Å²) < 4.78 is 0. The molecule has 0 N–H and O–H groups in total. The van der Waals surface area contributed by atoms with E-state index in [0.717, 1.165) is 37.0 Å². The Kier molecular flexibility index (Phi) is 4.53. The van der Waals surface area contributed by atoms with E-state index in [4.69, 9.17) is 5.26 Å². The highest BCUT2D eigenvalue weighted by Crippen LogP contribution is 2.33. The van der Waals surface area contributed by atoms with Gasteiger partial charge in [-0.3, -0.25) is 9.69 Å². The second-order valence-electron chi connectivity index (χ2n) is 5.65. The number of amides is 1. The Morgan fingerprint density at radius 3 is 3.10 bits per heavy atom. The van der Waals surface area contributed by atoms with Crippen LogP contribution in [0.4, 0.5) is 5.00 Å². The molecule has 0 spiro atoms. The predicted octanol–water partition coefficient (Wildman–Crippen LogP) is 2.41. The van der Waals surface area contributed by atoms with Gasteiger partial charge in [0.15, 0.2) is 0 Å². The summed E-state index contributed by atoms with van der Waals surface area (Å²) in [7, 11) is 0. The zero-order valence-corrected chi connectivity index (χ0v) is 13.8. The van der Waals surface area contributed by atoms with E-state index < -0.39 is 0 Å². The second kappa shape index (κ2) is 6.39. The third-order valence-corrected chi connectivity index (χ3v) is 6.09. The van der Waals surface area contributed by atoms with Crippen LogP contribution in [0.2, 0.25) is 0 Å². The molecule has 0 saturated carbocycles. The van der Waals surface area contributed by atoms with Crippen LogP contribution in [0.1, 0.15) is 18.4 Å². The number of carbonyl (C=O) groups is 1. The molecule has 1 amide bonds. The lowest BCUT2D eigenvalue weighted by atomic mass is 10.1. The van der Waals surface area contributed by atoms with Gasteiger partial charge in [0.25, 0.3) is 0 Å². The Labute approximate surface area is 133 Å². The largest absolute Gasteiger partial charge is 0.301 e. The fourth-order valence-electron chi connectivity index (χ4n) is 3.32. The zero-order valence-electron chi connectivity index (χ0n) is 12.1.